The highest BCUT2D eigenvalue weighted by Gasteiger charge is 2.19. The molecule has 34 heavy (non-hydrogen) atoms. The summed E-state index contributed by atoms with van der Waals surface area (Å²) in [5, 5.41) is 21.2. The second kappa shape index (κ2) is 19.8. The number of rotatable bonds is 22. The van der Waals surface area contributed by atoms with Crippen molar-refractivity contribution in [2.75, 3.05) is 0 Å². The molecule has 5 unspecified atom stereocenters. The molecule has 0 aliphatic heterocycles. The molecule has 0 aliphatic rings. The Morgan fingerprint density at radius 3 is 1.85 bits per heavy atom. The maximum absolute atomic E-state index is 10.7. The van der Waals surface area contributed by atoms with E-state index in [1.54, 1.807) is 0 Å². The lowest BCUT2D eigenvalue weighted by Gasteiger charge is -2.24. The molecule has 5 atom stereocenters. The van der Waals surface area contributed by atoms with E-state index in [4.69, 9.17) is 0 Å². The van der Waals surface area contributed by atoms with Gasteiger partial charge in [-0.3, -0.25) is 0 Å². The molecule has 0 rings (SSSR count). The standard InChI is InChI=1S/C32H64O2/c1-9-10-16-27(4)20-13-22-32(8,34)23-14-21-28(5)17-12-19-30(7)25-31(33)24-29(6)18-11-15-26(2)3/h20,26,28-31,33-34H,9-19,21-25H2,1-8H3. The zero-order valence-corrected chi connectivity index (χ0v) is 24.7. The molecular formula is C32H64O2. The van der Waals surface area contributed by atoms with Gasteiger partial charge < -0.3 is 10.2 Å². The Hall–Kier alpha value is -0.340. The van der Waals surface area contributed by atoms with Gasteiger partial charge in [-0.05, 0) is 82.5 Å². The van der Waals surface area contributed by atoms with Crippen LogP contribution in [0.2, 0.25) is 0 Å². The molecule has 2 N–H and O–H groups in total. The molecule has 204 valence electrons. The van der Waals surface area contributed by atoms with E-state index in [0.717, 1.165) is 50.4 Å². The lowest BCUT2D eigenvalue weighted by molar-refractivity contribution is 0.0392. The van der Waals surface area contributed by atoms with E-state index in [-0.39, 0.29) is 6.10 Å². The van der Waals surface area contributed by atoms with Crippen molar-refractivity contribution >= 4 is 0 Å². The molecule has 0 radical (unpaired) electrons. The third kappa shape index (κ3) is 21.0. The van der Waals surface area contributed by atoms with Gasteiger partial charge in [-0.1, -0.05) is 111 Å². The Morgan fingerprint density at radius 1 is 0.765 bits per heavy atom. The largest absolute Gasteiger partial charge is 0.393 e. The Labute approximate surface area is 215 Å². The molecule has 0 aliphatic carbocycles. The number of aliphatic hydroxyl groups excluding tert-OH is 1. The van der Waals surface area contributed by atoms with E-state index in [2.05, 4.69) is 54.5 Å². The van der Waals surface area contributed by atoms with E-state index in [1.807, 2.05) is 6.92 Å². The average molecular weight is 481 g/mol. The smallest absolute Gasteiger partial charge is 0.0622 e. The summed E-state index contributed by atoms with van der Waals surface area (Å²) in [6.07, 6.45) is 20.6. The Morgan fingerprint density at radius 2 is 1.29 bits per heavy atom. The second-order valence-corrected chi connectivity index (χ2v) is 12.8. The van der Waals surface area contributed by atoms with Crippen molar-refractivity contribution in [1.29, 1.82) is 0 Å². The predicted molar refractivity (Wildman–Crippen MR) is 152 cm³/mol. The number of aliphatic hydroxyl groups is 2. The highest BCUT2D eigenvalue weighted by Crippen LogP contribution is 2.26. The summed E-state index contributed by atoms with van der Waals surface area (Å²) in [5.41, 5.74) is 0.946. The van der Waals surface area contributed by atoms with Crippen LogP contribution in [0.5, 0.6) is 0 Å². The van der Waals surface area contributed by atoms with Gasteiger partial charge in [0.2, 0.25) is 0 Å². The predicted octanol–water partition coefficient (Wildman–Crippen LogP) is 9.87. The summed E-state index contributed by atoms with van der Waals surface area (Å²) in [7, 11) is 0. The molecular weight excluding hydrogens is 416 g/mol. The Bertz CT molecular complexity index is 493. The second-order valence-electron chi connectivity index (χ2n) is 12.8. The maximum Gasteiger partial charge on any atom is 0.0622 e. The van der Waals surface area contributed by atoms with Gasteiger partial charge in [0, 0.05) is 0 Å². The van der Waals surface area contributed by atoms with Crippen molar-refractivity contribution < 1.29 is 10.2 Å². The minimum Gasteiger partial charge on any atom is -0.393 e. The van der Waals surface area contributed by atoms with E-state index in [1.165, 1.54) is 69.8 Å². The first-order valence-electron chi connectivity index (χ1n) is 15.0. The maximum atomic E-state index is 10.7. The fourth-order valence-electron chi connectivity index (χ4n) is 5.24. The minimum atomic E-state index is -0.530. The summed E-state index contributed by atoms with van der Waals surface area (Å²) in [4.78, 5) is 0. The van der Waals surface area contributed by atoms with Gasteiger partial charge in [0.1, 0.15) is 0 Å². The lowest BCUT2D eigenvalue weighted by Crippen LogP contribution is -2.23. The van der Waals surface area contributed by atoms with Crippen LogP contribution >= 0.6 is 0 Å². The van der Waals surface area contributed by atoms with Crippen LogP contribution in [0.15, 0.2) is 11.6 Å². The number of allylic oxidation sites excluding steroid dienone is 2. The van der Waals surface area contributed by atoms with Crippen molar-refractivity contribution in [3.8, 4) is 0 Å². The van der Waals surface area contributed by atoms with Gasteiger partial charge in [0.25, 0.3) is 0 Å². The summed E-state index contributed by atoms with van der Waals surface area (Å²) in [6, 6.07) is 0. The van der Waals surface area contributed by atoms with Crippen LogP contribution in [-0.4, -0.2) is 21.9 Å². The topological polar surface area (TPSA) is 40.5 Å². The van der Waals surface area contributed by atoms with Gasteiger partial charge in [0.15, 0.2) is 0 Å². The van der Waals surface area contributed by atoms with Gasteiger partial charge in [-0.15, -0.1) is 0 Å². The van der Waals surface area contributed by atoms with Crippen LogP contribution < -0.4 is 0 Å². The van der Waals surface area contributed by atoms with Crippen molar-refractivity contribution in [3.05, 3.63) is 11.6 Å². The molecule has 2 nitrogen and oxygen atoms in total. The molecule has 0 spiro atoms. The monoisotopic (exact) mass is 480 g/mol. The lowest BCUT2D eigenvalue weighted by atomic mass is 9.88. The molecule has 0 amide bonds. The summed E-state index contributed by atoms with van der Waals surface area (Å²) in [6.45, 7) is 18.1. The first-order valence-corrected chi connectivity index (χ1v) is 15.0. The first-order chi connectivity index (χ1) is 15.9. The third-order valence-corrected chi connectivity index (χ3v) is 7.73. The van der Waals surface area contributed by atoms with Crippen LogP contribution in [0.1, 0.15) is 158 Å². The van der Waals surface area contributed by atoms with Gasteiger partial charge in [-0.2, -0.15) is 0 Å². The average Bonchev–Trinajstić information content (AvgIpc) is 2.71. The quantitative estimate of drug-likeness (QED) is 0.151. The third-order valence-electron chi connectivity index (χ3n) is 7.73. The highest BCUT2D eigenvalue weighted by molar-refractivity contribution is 4.98. The summed E-state index contributed by atoms with van der Waals surface area (Å²) in [5.74, 6) is 2.77. The zero-order valence-electron chi connectivity index (χ0n) is 24.7. The fourth-order valence-corrected chi connectivity index (χ4v) is 5.24. The summed E-state index contributed by atoms with van der Waals surface area (Å²) < 4.78 is 0. The molecule has 0 bridgehead atoms. The van der Waals surface area contributed by atoms with E-state index < -0.39 is 5.60 Å². The SMILES string of the molecule is CCCCC(C)=CCCC(C)(O)CCCC(C)CCCC(C)CC(O)CC(C)CCCC(C)C. The normalized spacial score (nSPS) is 18.0. The molecule has 2 heteroatoms. The van der Waals surface area contributed by atoms with Crippen LogP contribution in [-0.2, 0) is 0 Å². The van der Waals surface area contributed by atoms with Gasteiger partial charge >= 0.3 is 0 Å². The van der Waals surface area contributed by atoms with Crippen molar-refractivity contribution in [1.82, 2.24) is 0 Å². The fraction of sp³-hybridized carbons (Fsp3) is 0.938. The van der Waals surface area contributed by atoms with Gasteiger partial charge in [-0.25, -0.2) is 0 Å². The van der Waals surface area contributed by atoms with Crippen LogP contribution in [0.4, 0.5) is 0 Å². The van der Waals surface area contributed by atoms with Crippen molar-refractivity contribution in [2.45, 2.75) is 170 Å². The molecule has 0 fully saturated rings. The van der Waals surface area contributed by atoms with E-state index in [0.29, 0.717) is 11.8 Å². The van der Waals surface area contributed by atoms with Gasteiger partial charge in [0.05, 0.1) is 11.7 Å². The van der Waals surface area contributed by atoms with Crippen molar-refractivity contribution in [2.24, 2.45) is 23.7 Å². The number of hydrogen-bond donors (Lipinski definition) is 2. The molecule has 0 saturated heterocycles. The molecule has 0 aromatic heterocycles. The molecule has 0 aromatic carbocycles. The summed E-state index contributed by atoms with van der Waals surface area (Å²) >= 11 is 0. The highest BCUT2D eigenvalue weighted by atomic mass is 16.3. The Kier molecular flexibility index (Phi) is 19.6. The van der Waals surface area contributed by atoms with Crippen molar-refractivity contribution in [3.63, 3.8) is 0 Å². The minimum absolute atomic E-state index is 0.131. The first kappa shape index (κ1) is 33.7. The van der Waals surface area contributed by atoms with E-state index in [9.17, 15) is 10.2 Å². The Balaban J connectivity index is 3.93. The molecule has 0 aromatic rings. The number of hydrogen-bond acceptors (Lipinski definition) is 2. The van der Waals surface area contributed by atoms with E-state index >= 15 is 0 Å². The van der Waals surface area contributed by atoms with Crippen LogP contribution in [0.3, 0.4) is 0 Å². The zero-order chi connectivity index (χ0) is 26.0. The van der Waals surface area contributed by atoms with Crippen LogP contribution in [0.25, 0.3) is 0 Å². The molecule has 0 heterocycles. The molecule has 0 saturated carbocycles. The van der Waals surface area contributed by atoms with Crippen LogP contribution in [0, 0.1) is 23.7 Å². The number of unbranched alkanes of at least 4 members (excludes halogenated alkanes) is 1.